The van der Waals surface area contributed by atoms with E-state index in [1.807, 2.05) is 32.0 Å². The average molecular weight is 285 g/mol. The van der Waals surface area contributed by atoms with Gasteiger partial charge in [-0.2, -0.15) is 0 Å². The van der Waals surface area contributed by atoms with Gasteiger partial charge in [-0.05, 0) is 31.0 Å². The van der Waals surface area contributed by atoms with Crippen LogP contribution in [0.15, 0.2) is 34.9 Å². The summed E-state index contributed by atoms with van der Waals surface area (Å²) in [6.45, 7) is 3.83. The van der Waals surface area contributed by atoms with Crippen molar-refractivity contribution in [3.63, 3.8) is 0 Å². The van der Waals surface area contributed by atoms with Gasteiger partial charge in [0.15, 0.2) is 11.5 Å². The molecule has 4 rings (SSSR count). The van der Waals surface area contributed by atoms with Crippen LogP contribution in [0.3, 0.4) is 0 Å². The molecule has 1 aliphatic carbocycles. The topological polar surface area (TPSA) is 43.6 Å². The zero-order valence-corrected chi connectivity index (χ0v) is 12.3. The third-order valence-electron chi connectivity index (χ3n) is 4.05. The highest BCUT2D eigenvalue weighted by Gasteiger charge is 2.32. The molecule has 1 unspecified atom stereocenters. The van der Waals surface area contributed by atoms with Gasteiger partial charge in [-0.3, -0.25) is 0 Å². The Morgan fingerprint density at radius 1 is 1.14 bits per heavy atom. The maximum Gasteiger partial charge on any atom is 0.246 e. The molecule has 0 fully saturated rings. The van der Waals surface area contributed by atoms with Gasteiger partial charge >= 0.3 is 0 Å². The van der Waals surface area contributed by atoms with Crippen LogP contribution in [0.5, 0.6) is 11.5 Å². The number of hydrogen-bond acceptors (Lipinski definition) is 4. The SMILES string of the molecule is CC1(C)Oc2ccc(NC3CCCc4occc43)cc2O1. The first-order valence-electron chi connectivity index (χ1n) is 7.46. The summed E-state index contributed by atoms with van der Waals surface area (Å²) in [4.78, 5) is 0. The monoisotopic (exact) mass is 285 g/mol. The summed E-state index contributed by atoms with van der Waals surface area (Å²) >= 11 is 0. The molecule has 4 nitrogen and oxygen atoms in total. The zero-order valence-electron chi connectivity index (χ0n) is 12.3. The second kappa shape index (κ2) is 4.45. The molecule has 0 radical (unpaired) electrons. The normalized spacial score (nSPS) is 21.9. The van der Waals surface area contributed by atoms with Crippen molar-refractivity contribution in [1.82, 2.24) is 0 Å². The fourth-order valence-corrected chi connectivity index (χ4v) is 3.15. The number of hydrogen-bond donors (Lipinski definition) is 1. The lowest BCUT2D eigenvalue weighted by Crippen LogP contribution is -2.29. The Labute approximate surface area is 124 Å². The highest BCUT2D eigenvalue weighted by molar-refractivity contribution is 5.57. The van der Waals surface area contributed by atoms with Crippen LogP contribution in [0.2, 0.25) is 0 Å². The maximum absolute atomic E-state index is 5.80. The van der Waals surface area contributed by atoms with Gasteiger partial charge in [0, 0.05) is 37.6 Å². The Hall–Kier alpha value is -2.10. The van der Waals surface area contributed by atoms with Gasteiger partial charge in [0.1, 0.15) is 5.76 Å². The smallest absolute Gasteiger partial charge is 0.246 e. The molecule has 2 heterocycles. The Bertz CT molecular complexity index is 674. The van der Waals surface area contributed by atoms with Crippen molar-refractivity contribution >= 4 is 5.69 Å². The highest BCUT2D eigenvalue weighted by Crippen LogP contribution is 2.42. The van der Waals surface area contributed by atoms with Gasteiger partial charge in [0.05, 0.1) is 12.3 Å². The van der Waals surface area contributed by atoms with E-state index in [2.05, 4.69) is 11.4 Å². The lowest BCUT2D eigenvalue weighted by atomic mass is 9.93. The largest absolute Gasteiger partial charge is 0.469 e. The predicted octanol–water partition coefficient (Wildman–Crippen LogP) is 4.28. The second-order valence-corrected chi connectivity index (χ2v) is 6.15. The van der Waals surface area contributed by atoms with E-state index in [0.29, 0.717) is 6.04 Å². The fraction of sp³-hybridized carbons (Fsp3) is 0.412. The quantitative estimate of drug-likeness (QED) is 0.894. The molecule has 0 spiro atoms. The average Bonchev–Trinajstić information content (AvgIpc) is 3.01. The first kappa shape index (κ1) is 12.6. The summed E-state index contributed by atoms with van der Waals surface area (Å²) in [5, 5.41) is 3.58. The number of rotatable bonds is 2. The third kappa shape index (κ3) is 2.24. The predicted molar refractivity (Wildman–Crippen MR) is 79.8 cm³/mol. The van der Waals surface area contributed by atoms with Gasteiger partial charge in [-0.25, -0.2) is 0 Å². The summed E-state index contributed by atoms with van der Waals surface area (Å²) in [6.07, 6.45) is 5.09. The Morgan fingerprint density at radius 3 is 2.90 bits per heavy atom. The van der Waals surface area contributed by atoms with Crippen LogP contribution in [0.4, 0.5) is 5.69 Å². The van der Waals surface area contributed by atoms with Crippen molar-refractivity contribution in [2.75, 3.05) is 5.32 Å². The van der Waals surface area contributed by atoms with E-state index < -0.39 is 5.79 Å². The van der Waals surface area contributed by atoms with Gasteiger partial charge in [0.2, 0.25) is 5.79 Å². The third-order valence-corrected chi connectivity index (χ3v) is 4.05. The molecule has 110 valence electrons. The summed E-state index contributed by atoms with van der Waals surface area (Å²) in [5.74, 6) is 2.14. The zero-order chi connectivity index (χ0) is 14.4. The number of furan rings is 1. The minimum absolute atomic E-state index is 0.306. The standard InChI is InChI=1S/C17H19NO3/c1-17(2)20-15-7-6-11(10-16(15)21-17)18-13-4-3-5-14-12(13)8-9-19-14/h6-10,13,18H,3-5H2,1-2H3. The molecule has 21 heavy (non-hydrogen) atoms. The molecule has 2 aliphatic rings. The molecule has 0 amide bonds. The van der Waals surface area contributed by atoms with Crippen molar-refractivity contribution in [3.8, 4) is 11.5 Å². The molecule has 4 heteroatoms. The van der Waals surface area contributed by atoms with Crippen LogP contribution in [-0.4, -0.2) is 5.79 Å². The number of nitrogens with one attached hydrogen (secondary N) is 1. The molecule has 1 aliphatic heterocycles. The Kier molecular flexibility index (Phi) is 2.67. The molecule has 1 N–H and O–H groups in total. The number of anilines is 1. The van der Waals surface area contributed by atoms with E-state index in [-0.39, 0.29) is 0 Å². The highest BCUT2D eigenvalue weighted by atomic mass is 16.7. The maximum atomic E-state index is 5.80. The van der Waals surface area contributed by atoms with Crippen LogP contribution in [0.25, 0.3) is 0 Å². The minimum atomic E-state index is -0.580. The molecule has 1 atom stereocenters. The van der Waals surface area contributed by atoms with Crippen LogP contribution >= 0.6 is 0 Å². The Balaban J connectivity index is 1.58. The van der Waals surface area contributed by atoms with E-state index in [4.69, 9.17) is 13.9 Å². The number of ether oxygens (including phenoxy) is 2. The van der Waals surface area contributed by atoms with E-state index >= 15 is 0 Å². The molecule has 1 aromatic heterocycles. The lowest BCUT2D eigenvalue weighted by Gasteiger charge is -2.23. The van der Waals surface area contributed by atoms with Crippen LogP contribution in [0.1, 0.15) is 44.1 Å². The summed E-state index contributed by atoms with van der Waals surface area (Å²) in [6, 6.07) is 8.39. The van der Waals surface area contributed by atoms with Crippen LogP contribution in [-0.2, 0) is 6.42 Å². The van der Waals surface area contributed by atoms with E-state index in [1.165, 1.54) is 5.56 Å². The molecule has 1 aromatic carbocycles. The number of aryl methyl sites for hydroxylation is 1. The Morgan fingerprint density at radius 2 is 2.00 bits per heavy atom. The first-order chi connectivity index (χ1) is 10.1. The van der Waals surface area contributed by atoms with Gasteiger partial charge in [-0.15, -0.1) is 0 Å². The number of benzene rings is 1. The molecule has 0 saturated heterocycles. The molecule has 0 bridgehead atoms. The molecular formula is C17H19NO3. The summed E-state index contributed by atoms with van der Waals surface area (Å²) in [5.41, 5.74) is 2.33. The lowest BCUT2D eigenvalue weighted by molar-refractivity contribution is -0.0431. The minimum Gasteiger partial charge on any atom is -0.469 e. The van der Waals surface area contributed by atoms with Crippen molar-refractivity contribution in [2.24, 2.45) is 0 Å². The van der Waals surface area contributed by atoms with E-state index in [9.17, 15) is 0 Å². The first-order valence-corrected chi connectivity index (χ1v) is 7.46. The van der Waals surface area contributed by atoms with E-state index in [1.54, 1.807) is 6.26 Å². The van der Waals surface area contributed by atoms with Crippen molar-refractivity contribution in [1.29, 1.82) is 0 Å². The van der Waals surface area contributed by atoms with Gasteiger partial charge in [0.25, 0.3) is 0 Å². The number of fused-ring (bicyclic) bond motifs is 2. The molecule has 0 saturated carbocycles. The van der Waals surface area contributed by atoms with Crippen LogP contribution < -0.4 is 14.8 Å². The van der Waals surface area contributed by atoms with Crippen molar-refractivity contribution in [3.05, 3.63) is 41.9 Å². The van der Waals surface area contributed by atoms with Gasteiger partial charge in [-0.1, -0.05) is 0 Å². The van der Waals surface area contributed by atoms with Crippen molar-refractivity contribution in [2.45, 2.75) is 44.9 Å². The fourth-order valence-electron chi connectivity index (χ4n) is 3.15. The van der Waals surface area contributed by atoms with Crippen LogP contribution in [0, 0.1) is 0 Å². The van der Waals surface area contributed by atoms with Crippen molar-refractivity contribution < 1.29 is 13.9 Å². The van der Waals surface area contributed by atoms with E-state index in [0.717, 1.165) is 42.2 Å². The molecule has 2 aromatic rings. The summed E-state index contributed by atoms with van der Waals surface area (Å²) in [7, 11) is 0. The second-order valence-electron chi connectivity index (χ2n) is 6.15. The van der Waals surface area contributed by atoms with Gasteiger partial charge < -0.3 is 19.2 Å². The summed E-state index contributed by atoms with van der Waals surface area (Å²) < 4.78 is 17.1. The molecular weight excluding hydrogens is 266 g/mol.